The van der Waals surface area contributed by atoms with E-state index >= 15 is 0 Å². The summed E-state index contributed by atoms with van der Waals surface area (Å²) in [5.74, 6) is 0.828. The van der Waals surface area contributed by atoms with Crippen molar-refractivity contribution in [3.8, 4) is 0 Å². The van der Waals surface area contributed by atoms with Crippen LogP contribution in [-0.2, 0) is 4.74 Å². The lowest BCUT2D eigenvalue weighted by molar-refractivity contribution is 0.0686. The van der Waals surface area contributed by atoms with Gasteiger partial charge in [0, 0.05) is 13.2 Å². The van der Waals surface area contributed by atoms with E-state index in [1.807, 2.05) is 0 Å². The summed E-state index contributed by atoms with van der Waals surface area (Å²) in [6.45, 7) is 10.1. The van der Waals surface area contributed by atoms with E-state index in [2.05, 4.69) is 18.7 Å². The average molecular weight is 185 g/mol. The Hall–Kier alpha value is -0.0800. The Kier molecular flexibility index (Phi) is 5.40. The number of rotatable bonds is 5. The van der Waals surface area contributed by atoms with Crippen LogP contribution in [0.3, 0.4) is 0 Å². The Balaban J connectivity index is 2.03. The highest BCUT2D eigenvalue weighted by Crippen LogP contribution is 2.16. The molecule has 0 bridgehead atoms. The summed E-state index contributed by atoms with van der Waals surface area (Å²) in [5, 5.41) is 0. The molecule has 0 amide bonds. The molecular formula is C11H23NO. The maximum atomic E-state index is 5.57. The first-order chi connectivity index (χ1) is 6.36. The monoisotopic (exact) mass is 185 g/mol. The largest absolute Gasteiger partial charge is 0.381 e. The zero-order valence-electron chi connectivity index (χ0n) is 9.09. The molecule has 0 aromatic heterocycles. The van der Waals surface area contributed by atoms with E-state index in [9.17, 15) is 0 Å². The number of hydrogen-bond acceptors (Lipinski definition) is 2. The predicted molar refractivity (Wildman–Crippen MR) is 55.9 cm³/mol. The van der Waals surface area contributed by atoms with Gasteiger partial charge in [0.2, 0.25) is 0 Å². The van der Waals surface area contributed by atoms with Crippen LogP contribution in [0.4, 0.5) is 0 Å². The maximum absolute atomic E-state index is 5.57. The molecule has 1 saturated heterocycles. The fraction of sp³-hybridized carbons (Fsp3) is 1.00. The summed E-state index contributed by atoms with van der Waals surface area (Å²) in [7, 11) is 0. The van der Waals surface area contributed by atoms with E-state index in [1.54, 1.807) is 0 Å². The summed E-state index contributed by atoms with van der Waals surface area (Å²) >= 11 is 0. The second kappa shape index (κ2) is 6.39. The van der Waals surface area contributed by atoms with Crippen molar-refractivity contribution in [1.29, 1.82) is 0 Å². The molecular weight excluding hydrogens is 162 g/mol. The molecule has 0 aliphatic carbocycles. The molecule has 0 aromatic carbocycles. The number of nitrogens with zero attached hydrogens (tertiary/aromatic N) is 1. The topological polar surface area (TPSA) is 12.5 Å². The van der Waals surface area contributed by atoms with E-state index < -0.39 is 0 Å². The zero-order valence-corrected chi connectivity index (χ0v) is 9.09. The van der Waals surface area contributed by atoms with E-state index in [4.69, 9.17) is 4.74 Å². The molecule has 0 N–H and O–H groups in total. The van der Waals surface area contributed by atoms with Gasteiger partial charge in [-0.15, -0.1) is 0 Å². The average Bonchev–Trinajstić information content (AvgIpc) is 2.19. The predicted octanol–water partition coefficient (Wildman–Crippen LogP) is 2.14. The van der Waals surface area contributed by atoms with Gasteiger partial charge in [-0.2, -0.15) is 0 Å². The molecule has 78 valence electrons. The second-order valence-corrected chi connectivity index (χ2v) is 3.95. The van der Waals surface area contributed by atoms with Gasteiger partial charge in [0.05, 0.1) is 0 Å². The van der Waals surface area contributed by atoms with Gasteiger partial charge in [-0.25, -0.2) is 0 Å². The van der Waals surface area contributed by atoms with Crippen LogP contribution in [0.5, 0.6) is 0 Å². The van der Waals surface area contributed by atoms with Crippen molar-refractivity contribution in [3.05, 3.63) is 0 Å². The van der Waals surface area contributed by atoms with E-state index in [1.165, 1.54) is 32.5 Å². The maximum Gasteiger partial charge on any atom is 0.0495 e. The first-order valence-corrected chi connectivity index (χ1v) is 5.66. The van der Waals surface area contributed by atoms with Crippen molar-refractivity contribution in [1.82, 2.24) is 4.90 Å². The summed E-state index contributed by atoms with van der Waals surface area (Å²) in [6.07, 6.45) is 3.81. The molecule has 0 aromatic rings. The third-order valence-electron chi connectivity index (χ3n) is 2.86. The smallest absolute Gasteiger partial charge is 0.0495 e. The summed E-state index contributed by atoms with van der Waals surface area (Å²) < 4.78 is 5.57. The van der Waals surface area contributed by atoms with Crippen LogP contribution in [-0.4, -0.2) is 37.7 Å². The van der Waals surface area contributed by atoms with Crippen LogP contribution in [0.2, 0.25) is 0 Å². The van der Waals surface area contributed by atoms with Crippen molar-refractivity contribution < 1.29 is 4.74 Å². The van der Waals surface area contributed by atoms with E-state index in [-0.39, 0.29) is 0 Å². The van der Waals surface area contributed by atoms with Gasteiger partial charge in [0.15, 0.2) is 0 Å². The molecule has 2 heteroatoms. The van der Waals surface area contributed by atoms with E-state index in [0.717, 1.165) is 25.6 Å². The molecule has 0 atom stereocenters. The first kappa shape index (κ1) is 11.0. The van der Waals surface area contributed by atoms with Gasteiger partial charge >= 0.3 is 0 Å². The molecule has 1 aliphatic rings. The van der Waals surface area contributed by atoms with E-state index in [0.29, 0.717) is 0 Å². The molecule has 1 fully saturated rings. The van der Waals surface area contributed by atoms with Crippen molar-refractivity contribution >= 4 is 0 Å². The zero-order chi connectivity index (χ0) is 9.52. The Morgan fingerprint density at radius 3 is 2.46 bits per heavy atom. The standard InChI is InChI=1S/C11H23NO/c1-3-9-13-10-11-5-7-12(4-2)8-6-11/h11H,3-10H2,1-2H3. The van der Waals surface area contributed by atoms with Crippen LogP contribution >= 0.6 is 0 Å². The van der Waals surface area contributed by atoms with Gasteiger partial charge in [-0.3, -0.25) is 0 Å². The fourth-order valence-electron chi connectivity index (χ4n) is 1.86. The molecule has 1 rings (SSSR count). The van der Waals surface area contributed by atoms with Crippen molar-refractivity contribution in [2.45, 2.75) is 33.1 Å². The SMILES string of the molecule is CCCOCC1CCN(CC)CC1. The minimum absolute atomic E-state index is 0.828. The van der Waals surface area contributed by atoms with Gasteiger partial charge in [0.25, 0.3) is 0 Å². The molecule has 0 unspecified atom stereocenters. The third-order valence-corrected chi connectivity index (χ3v) is 2.86. The Bertz CT molecular complexity index is 117. The minimum atomic E-state index is 0.828. The third kappa shape index (κ3) is 4.10. The Morgan fingerprint density at radius 2 is 1.92 bits per heavy atom. The van der Waals surface area contributed by atoms with Gasteiger partial charge in [0.1, 0.15) is 0 Å². The van der Waals surface area contributed by atoms with Crippen LogP contribution in [0, 0.1) is 5.92 Å². The van der Waals surface area contributed by atoms with Crippen LogP contribution in [0.15, 0.2) is 0 Å². The second-order valence-electron chi connectivity index (χ2n) is 3.95. The minimum Gasteiger partial charge on any atom is -0.381 e. The van der Waals surface area contributed by atoms with Crippen LogP contribution in [0.25, 0.3) is 0 Å². The molecule has 1 heterocycles. The molecule has 0 radical (unpaired) electrons. The molecule has 0 saturated carbocycles. The molecule has 1 aliphatic heterocycles. The highest BCUT2D eigenvalue weighted by Gasteiger charge is 2.17. The fourth-order valence-corrected chi connectivity index (χ4v) is 1.86. The highest BCUT2D eigenvalue weighted by molar-refractivity contribution is 4.70. The van der Waals surface area contributed by atoms with Crippen LogP contribution in [0.1, 0.15) is 33.1 Å². The Labute approximate surface area is 82.3 Å². The lowest BCUT2D eigenvalue weighted by atomic mass is 9.98. The summed E-state index contributed by atoms with van der Waals surface area (Å²) in [4.78, 5) is 2.52. The first-order valence-electron chi connectivity index (χ1n) is 5.66. The van der Waals surface area contributed by atoms with Crippen molar-refractivity contribution in [3.63, 3.8) is 0 Å². The number of piperidine rings is 1. The van der Waals surface area contributed by atoms with Gasteiger partial charge in [-0.1, -0.05) is 13.8 Å². The summed E-state index contributed by atoms with van der Waals surface area (Å²) in [5.41, 5.74) is 0. The molecule has 2 nitrogen and oxygen atoms in total. The van der Waals surface area contributed by atoms with Crippen LogP contribution < -0.4 is 0 Å². The quantitative estimate of drug-likeness (QED) is 0.608. The highest BCUT2D eigenvalue weighted by atomic mass is 16.5. The number of hydrogen-bond donors (Lipinski definition) is 0. The molecule has 0 spiro atoms. The van der Waals surface area contributed by atoms with Gasteiger partial charge < -0.3 is 9.64 Å². The number of likely N-dealkylation sites (tertiary alicyclic amines) is 1. The lowest BCUT2D eigenvalue weighted by Gasteiger charge is -2.30. The summed E-state index contributed by atoms with van der Waals surface area (Å²) in [6, 6.07) is 0. The lowest BCUT2D eigenvalue weighted by Crippen LogP contribution is -2.34. The van der Waals surface area contributed by atoms with Crippen molar-refractivity contribution in [2.24, 2.45) is 5.92 Å². The van der Waals surface area contributed by atoms with Crippen molar-refractivity contribution in [2.75, 3.05) is 32.8 Å². The Morgan fingerprint density at radius 1 is 1.23 bits per heavy atom. The number of ether oxygens (including phenoxy) is 1. The van der Waals surface area contributed by atoms with Gasteiger partial charge in [-0.05, 0) is 44.8 Å². The normalized spacial score (nSPS) is 20.8. The molecule has 13 heavy (non-hydrogen) atoms.